The van der Waals surface area contributed by atoms with Crippen molar-refractivity contribution < 1.29 is 4.79 Å². The standard InChI is InChI=1S/C5H6ClN3O/c1-9-2-3(5(7)10)4(6)8-9/h2H,1H3,(H2,7,10). The molecule has 0 aliphatic rings. The van der Waals surface area contributed by atoms with Crippen molar-refractivity contribution >= 4 is 17.5 Å². The fourth-order valence-electron chi connectivity index (χ4n) is 0.627. The molecule has 5 heteroatoms. The highest BCUT2D eigenvalue weighted by Gasteiger charge is 2.08. The number of carbonyl (C=O) groups excluding carboxylic acids is 1. The third-order valence-corrected chi connectivity index (χ3v) is 1.33. The number of aryl methyl sites for hydroxylation is 1. The molecule has 10 heavy (non-hydrogen) atoms. The van der Waals surface area contributed by atoms with Gasteiger partial charge in [-0.25, -0.2) is 0 Å². The maximum Gasteiger partial charge on any atom is 0.253 e. The minimum absolute atomic E-state index is 0.148. The number of amides is 1. The van der Waals surface area contributed by atoms with Gasteiger partial charge in [0.15, 0.2) is 5.15 Å². The van der Waals surface area contributed by atoms with E-state index in [-0.39, 0.29) is 10.7 Å². The van der Waals surface area contributed by atoms with Crippen LogP contribution in [0.1, 0.15) is 10.4 Å². The van der Waals surface area contributed by atoms with Crippen molar-refractivity contribution in [2.75, 3.05) is 0 Å². The van der Waals surface area contributed by atoms with E-state index >= 15 is 0 Å². The molecule has 0 fully saturated rings. The molecule has 1 rings (SSSR count). The van der Waals surface area contributed by atoms with E-state index in [0.29, 0.717) is 0 Å². The lowest BCUT2D eigenvalue weighted by molar-refractivity contribution is 0.100. The molecule has 2 N–H and O–H groups in total. The summed E-state index contributed by atoms with van der Waals surface area (Å²) in [7, 11) is 1.66. The van der Waals surface area contributed by atoms with E-state index in [2.05, 4.69) is 5.10 Å². The molecule has 0 saturated heterocycles. The smallest absolute Gasteiger partial charge is 0.253 e. The van der Waals surface area contributed by atoms with Crippen LogP contribution in [0.2, 0.25) is 5.15 Å². The van der Waals surface area contributed by atoms with Gasteiger partial charge in [-0.2, -0.15) is 5.10 Å². The zero-order valence-electron chi connectivity index (χ0n) is 5.34. The molecule has 0 aromatic carbocycles. The predicted molar refractivity (Wildman–Crippen MR) is 36.7 cm³/mol. The average molecular weight is 160 g/mol. The quantitative estimate of drug-likeness (QED) is 0.635. The fraction of sp³-hybridized carbons (Fsp3) is 0.200. The number of primary amides is 1. The first kappa shape index (κ1) is 7.08. The molecular formula is C5H6ClN3O. The van der Waals surface area contributed by atoms with Crippen molar-refractivity contribution in [2.45, 2.75) is 0 Å². The maximum atomic E-state index is 10.5. The zero-order valence-corrected chi connectivity index (χ0v) is 6.09. The normalized spacial score (nSPS) is 9.80. The lowest BCUT2D eigenvalue weighted by Crippen LogP contribution is -2.10. The molecular weight excluding hydrogens is 154 g/mol. The molecule has 1 aromatic heterocycles. The van der Waals surface area contributed by atoms with Crippen LogP contribution in [0.3, 0.4) is 0 Å². The van der Waals surface area contributed by atoms with E-state index in [1.807, 2.05) is 0 Å². The molecule has 4 nitrogen and oxygen atoms in total. The number of hydrogen-bond donors (Lipinski definition) is 1. The Kier molecular flexibility index (Phi) is 1.63. The van der Waals surface area contributed by atoms with Gasteiger partial charge < -0.3 is 5.73 Å². The second kappa shape index (κ2) is 2.30. The Labute approximate surface area is 62.6 Å². The zero-order chi connectivity index (χ0) is 7.72. The van der Waals surface area contributed by atoms with Gasteiger partial charge >= 0.3 is 0 Å². The largest absolute Gasteiger partial charge is 0.365 e. The van der Waals surface area contributed by atoms with E-state index in [4.69, 9.17) is 17.3 Å². The van der Waals surface area contributed by atoms with E-state index in [1.165, 1.54) is 10.9 Å². The van der Waals surface area contributed by atoms with Gasteiger partial charge in [-0.15, -0.1) is 0 Å². The number of nitrogens with zero attached hydrogens (tertiary/aromatic N) is 2. The highest BCUT2D eigenvalue weighted by atomic mass is 35.5. The molecule has 1 heterocycles. The Bertz CT molecular complexity index is 268. The summed E-state index contributed by atoms with van der Waals surface area (Å²) in [6.07, 6.45) is 1.48. The van der Waals surface area contributed by atoms with E-state index < -0.39 is 5.91 Å². The Morgan fingerprint density at radius 2 is 2.50 bits per heavy atom. The fourth-order valence-corrected chi connectivity index (χ4v) is 0.888. The van der Waals surface area contributed by atoms with Gasteiger partial charge in [0, 0.05) is 13.2 Å². The van der Waals surface area contributed by atoms with Gasteiger partial charge in [0.1, 0.15) is 0 Å². The number of aromatic nitrogens is 2. The van der Waals surface area contributed by atoms with Gasteiger partial charge in [0.25, 0.3) is 5.91 Å². The van der Waals surface area contributed by atoms with Gasteiger partial charge in [-0.05, 0) is 0 Å². The Morgan fingerprint density at radius 1 is 1.90 bits per heavy atom. The lowest BCUT2D eigenvalue weighted by atomic mass is 10.3. The van der Waals surface area contributed by atoms with Crippen LogP contribution in [-0.2, 0) is 7.05 Å². The van der Waals surface area contributed by atoms with Crippen LogP contribution in [0.4, 0.5) is 0 Å². The molecule has 0 saturated carbocycles. The van der Waals surface area contributed by atoms with E-state index in [1.54, 1.807) is 7.05 Å². The van der Waals surface area contributed by atoms with Crippen LogP contribution >= 0.6 is 11.6 Å². The topological polar surface area (TPSA) is 60.9 Å². The highest BCUT2D eigenvalue weighted by Crippen LogP contribution is 2.10. The summed E-state index contributed by atoms with van der Waals surface area (Å²) in [4.78, 5) is 10.5. The summed E-state index contributed by atoms with van der Waals surface area (Å²) < 4.78 is 1.43. The van der Waals surface area contributed by atoms with Gasteiger partial charge in [-0.1, -0.05) is 11.6 Å². The summed E-state index contributed by atoms with van der Waals surface area (Å²) in [5, 5.41) is 3.86. The number of halogens is 1. The maximum absolute atomic E-state index is 10.5. The molecule has 0 unspecified atom stereocenters. The first-order valence-corrected chi connectivity index (χ1v) is 2.98. The van der Waals surface area contributed by atoms with Crippen LogP contribution in [0.15, 0.2) is 6.20 Å². The molecule has 1 aromatic rings. The van der Waals surface area contributed by atoms with Crippen molar-refractivity contribution in [1.82, 2.24) is 9.78 Å². The molecule has 0 spiro atoms. The second-order valence-electron chi connectivity index (χ2n) is 1.87. The molecule has 1 amide bonds. The average Bonchev–Trinajstić information content (AvgIpc) is 2.10. The monoisotopic (exact) mass is 159 g/mol. The highest BCUT2D eigenvalue weighted by molar-refractivity contribution is 6.32. The van der Waals surface area contributed by atoms with Crippen molar-refractivity contribution in [3.8, 4) is 0 Å². The predicted octanol–water partition coefficient (Wildman–Crippen LogP) is 0.172. The SMILES string of the molecule is Cn1cc(C(N)=O)c(Cl)n1. The minimum Gasteiger partial charge on any atom is -0.365 e. The number of rotatable bonds is 1. The second-order valence-corrected chi connectivity index (χ2v) is 2.23. The molecule has 0 aliphatic heterocycles. The third kappa shape index (κ3) is 1.11. The van der Waals surface area contributed by atoms with Crippen LogP contribution in [0.25, 0.3) is 0 Å². The minimum atomic E-state index is -0.557. The summed E-state index contributed by atoms with van der Waals surface area (Å²) >= 11 is 5.51. The number of carbonyl (C=O) groups is 1. The van der Waals surface area contributed by atoms with Crippen LogP contribution in [0.5, 0.6) is 0 Å². The van der Waals surface area contributed by atoms with Crippen molar-refractivity contribution in [3.63, 3.8) is 0 Å². The Hall–Kier alpha value is -1.03. The van der Waals surface area contributed by atoms with Gasteiger partial charge in [0.05, 0.1) is 5.56 Å². The molecule has 0 bridgehead atoms. The molecule has 0 aliphatic carbocycles. The van der Waals surface area contributed by atoms with Crippen LogP contribution in [0, 0.1) is 0 Å². The lowest BCUT2D eigenvalue weighted by Gasteiger charge is -1.83. The molecule has 54 valence electrons. The summed E-state index contributed by atoms with van der Waals surface area (Å²) in [5.41, 5.74) is 5.21. The van der Waals surface area contributed by atoms with Gasteiger partial charge in [-0.3, -0.25) is 9.48 Å². The summed E-state index contributed by atoms with van der Waals surface area (Å²) in [6, 6.07) is 0. The van der Waals surface area contributed by atoms with Gasteiger partial charge in [0.2, 0.25) is 0 Å². The molecule has 0 atom stereocenters. The van der Waals surface area contributed by atoms with Crippen molar-refractivity contribution in [1.29, 1.82) is 0 Å². The summed E-state index contributed by atoms with van der Waals surface area (Å²) in [6.45, 7) is 0. The molecule has 0 radical (unpaired) electrons. The summed E-state index contributed by atoms with van der Waals surface area (Å²) in [5.74, 6) is -0.557. The van der Waals surface area contributed by atoms with Crippen molar-refractivity contribution in [2.24, 2.45) is 12.8 Å². The van der Waals surface area contributed by atoms with E-state index in [0.717, 1.165) is 0 Å². The first-order chi connectivity index (χ1) is 4.61. The third-order valence-electron chi connectivity index (χ3n) is 1.05. The Balaban J connectivity index is 3.15. The Morgan fingerprint density at radius 3 is 2.70 bits per heavy atom. The van der Waals surface area contributed by atoms with E-state index in [9.17, 15) is 4.79 Å². The van der Waals surface area contributed by atoms with Crippen LogP contribution in [-0.4, -0.2) is 15.7 Å². The number of nitrogens with two attached hydrogens (primary N) is 1. The van der Waals surface area contributed by atoms with Crippen LogP contribution < -0.4 is 5.73 Å². The first-order valence-electron chi connectivity index (χ1n) is 2.60. The number of hydrogen-bond acceptors (Lipinski definition) is 2. The van der Waals surface area contributed by atoms with Crippen molar-refractivity contribution in [3.05, 3.63) is 16.9 Å².